The Balaban J connectivity index is 2.05. The Kier molecular flexibility index (Phi) is 4.83. The summed E-state index contributed by atoms with van der Waals surface area (Å²) in [7, 11) is -3.38. The second-order valence-corrected chi connectivity index (χ2v) is 7.79. The topological polar surface area (TPSA) is 58.2 Å². The van der Waals surface area contributed by atoms with Gasteiger partial charge in [-0.25, -0.2) is 13.1 Å². The summed E-state index contributed by atoms with van der Waals surface area (Å²) in [5.74, 6) is 0.629. The Morgan fingerprint density at radius 3 is 2.60 bits per heavy atom. The highest BCUT2D eigenvalue weighted by molar-refractivity contribution is 7.89. The molecule has 0 aliphatic heterocycles. The maximum atomic E-state index is 12.3. The second-order valence-electron chi connectivity index (χ2n) is 6.08. The summed E-state index contributed by atoms with van der Waals surface area (Å²) in [6.07, 6.45) is 1.88. The van der Waals surface area contributed by atoms with Gasteiger partial charge in [-0.1, -0.05) is 32.9 Å². The SMILES string of the molecule is CC1CC(NS(=O)(=O)c2cccc(CNC(C)C)c2)C1. The number of sulfonamides is 1. The summed E-state index contributed by atoms with van der Waals surface area (Å²) in [5.41, 5.74) is 0.989. The first kappa shape index (κ1) is 15.5. The van der Waals surface area contributed by atoms with Gasteiger partial charge in [0.05, 0.1) is 4.90 Å². The van der Waals surface area contributed by atoms with E-state index >= 15 is 0 Å². The molecule has 0 atom stereocenters. The lowest BCUT2D eigenvalue weighted by atomic mass is 9.83. The molecule has 1 fully saturated rings. The molecule has 5 heteroatoms. The van der Waals surface area contributed by atoms with Crippen LogP contribution < -0.4 is 10.0 Å². The maximum absolute atomic E-state index is 12.3. The molecule has 1 aliphatic carbocycles. The second kappa shape index (κ2) is 6.24. The van der Waals surface area contributed by atoms with E-state index in [0.717, 1.165) is 18.4 Å². The van der Waals surface area contributed by atoms with Gasteiger partial charge in [-0.05, 0) is 36.5 Å². The maximum Gasteiger partial charge on any atom is 0.240 e. The molecular weight excluding hydrogens is 272 g/mol. The number of nitrogens with one attached hydrogen (secondary N) is 2. The van der Waals surface area contributed by atoms with E-state index < -0.39 is 10.0 Å². The van der Waals surface area contributed by atoms with Crippen LogP contribution in [0.5, 0.6) is 0 Å². The summed E-state index contributed by atoms with van der Waals surface area (Å²) >= 11 is 0. The van der Waals surface area contributed by atoms with Crippen LogP contribution >= 0.6 is 0 Å². The van der Waals surface area contributed by atoms with E-state index in [4.69, 9.17) is 0 Å². The first-order valence-corrected chi connectivity index (χ1v) is 8.70. The van der Waals surface area contributed by atoms with Crippen molar-refractivity contribution in [2.45, 2.75) is 57.1 Å². The molecule has 0 saturated heterocycles. The minimum atomic E-state index is -3.38. The zero-order valence-electron chi connectivity index (χ0n) is 12.4. The summed E-state index contributed by atoms with van der Waals surface area (Å²) < 4.78 is 27.4. The third kappa shape index (κ3) is 4.04. The van der Waals surface area contributed by atoms with Crippen LogP contribution in [0.4, 0.5) is 0 Å². The molecule has 1 aliphatic rings. The predicted octanol–water partition coefficient (Wildman–Crippen LogP) is 2.26. The van der Waals surface area contributed by atoms with Crippen molar-refractivity contribution in [1.82, 2.24) is 10.0 Å². The normalized spacial score (nSPS) is 22.8. The first-order chi connectivity index (χ1) is 9.37. The molecule has 0 bridgehead atoms. The molecule has 0 spiro atoms. The van der Waals surface area contributed by atoms with Crippen molar-refractivity contribution in [1.29, 1.82) is 0 Å². The van der Waals surface area contributed by atoms with E-state index in [-0.39, 0.29) is 6.04 Å². The van der Waals surface area contributed by atoms with E-state index in [1.54, 1.807) is 18.2 Å². The fraction of sp³-hybridized carbons (Fsp3) is 0.600. The third-order valence-corrected chi connectivity index (χ3v) is 5.14. The molecule has 1 aromatic carbocycles. The van der Waals surface area contributed by atoms with Crippen LogP contribution in [0.3, 0.4) is 0 Å². The zero-order chi connectivity index (χ0) is 14.8. The molecule has 4 nitrogen and oxygen atoms in total. The lowest BCUT2D eigenvalue weighted by Gasteiger charge is -2.32. The van der Waals surface area contributed by atoms with Crippen LogP contribution in [0, 0.1) is 5.92 Å². The molecule has 0 amide bonds. The summed E-state index contributed by atoms with van der Waals surface area (Å²) in [6.45, 7) is 6.96. The van der Waals surface area contributed by atoms with Crippen molar-refractivity contribution in [3.8, 4) is 0 Å². The van der Waals surface area contributed by atoms with Crippen molar-refractivity contribution < 1.29 is 8.42 Å². The highest BCUT2D eigenvalue weighted by atomic mass is 32.2. The van der Waals surface area contributed by atoms with Gasteiger partial charge in [0.2, 0.25) is 10.0 Å². The molecule has 0 unspecified atom stereocenters. The average molecular weight is 296 g/mol. The Bertz CT molecular complexity index is 549. The lowest BCUT2D eigenvalue weighted by Crippen LogP contribution is -2.43. The molecule has 1 saturated carbocycles. The van der Waals surface area contributed by atoms with Crippen LogP contribution in [-0.2, 0) is 16.6 Å². The molecule has 2 N–H and O–H groups in total. The number of rotatable bonds is 6. The van der Waals surface area contributed by atoms with Gasteiger partial charge >= 0.3 is 0 Å². The largest absolute Gasteiger partial charge is 0.310 e. The number of hydrogen-bond acceptors (Lipinski definition) is 3. The highest BCUT2D eigenvalue weighted by Crippen LogP contribution is 2.27. The molecule has 0 radical (unpaired) electrons. The van der Waals surface area contributed by atoms with Gasteiger partial charge in [0.15, 0.2) is 0 Å². The van der Waals surface area contributed by atoms with E-state index in [2.05, 4.69) is 30.8 Å². The summed E-state index contributed by atoms with van der Waals surface area (Å²) in [5, 5.41) is 3.29. The monoisotopic (exact) mass is 296 g/mol. The fourth-order valence-corrected chi connectivity index (χ4v) is 3.76. The smallest absolute Gasteiger partial charge is 0.240 e. The first-order valence-electron chi connectivity index (χ1n) is 7.21. The molecule has 2 rings (SSSR count). The Morgan fingerprint density at radius 2 is 2.00 bits per heavy atom. The minimum absolute atomic E-state index is 0.104. The summed E-state index contributed by atoms with van der Waals surface area (Å²) in [6, 6.07) is 7.63. The van der Waals surface area contributed by atoms with Crippen molar-refractivity contribution in [3.05, 3.63) is 29.8 Å². The Morgan fingerprint density at radius 1 is 1.30 bits per heavy atom. The lowest BCUT2D eigenvalue weighted by molar-refractivity contribution is 0.270. The Labute approximate surface area is 122 Å². The standard InChI is InChI=1S/C15H24N2O2S/c1-11(2)16-10-13-5-4-6-15(9-13)20(18,19)17-14-7-12(3)8-14/h4-6,9,11-12,14,16-17H,7-8,10H2,1-3H3. The van der Waals surface area contributed by atoms with Gasteiger partial charge in [-0.3, -0.25) is 0 Å². The molecule has 0 heterocycles. The van der Waals surface area contributed by atoms with Crippen LogP contribution in [0.25, 0.3) is 0 Å². The number of benzene rings is 1. The quantitative estimate of drug-likeness (QED) is 0.846. The van der Waals surface area contributed by atoms with Gasteiger partial charge in [-0.15, -0.1) is 0 Å². The molecular formula is C15H24N2O2S. The van der Waals surface area contributed by atoms with E-state index in [1.165, 1.54) is 0 Å². The Hall–Kier alpha value is -0.910. The van der Waals surface area contributed by atoms with Crippen molar-refractivity contribution >= 4 is 10.0 Å². The van der Waals surface area contributed by atoms with Crippen LogP contribution in [0.15, 0.2) is 29.2 Å². The number of hydrogen-bond donors (Lipinski definition) is 2. The van der Waals surface area contributed by atoms with E-state index in [0.29, 0.717) is 23.4 Å². The van der Waals surface area contributed by atoms with Gasteiger partial charge < -0.3 is 5.32 Å². The van der Waals surface area contributed by atoms with E-state index in [1.807, 2.05) is 6.07 Å². The molecule has 20 heavy (non-hydrogen) atoms. The minimum Gasteiger partial charge on any atom is -0.310 e. The van der Waals surface area contributed by atoms with Crippen LogP contribution in [-0.4, -0.2) is 20.5 Å². The highest BCUT2D eigenvalue weighted by Gasteiger charge is 2.29. The zero-order valence-corrected chi connectivity index (χ0v) is 13.2. The van der Waals surface area contributed by atoms with Crippen molar-refractivity contribution in [3.63, 3.8) is 0 Å². The average Bonchev–Trinajstić information content (AvgIpc) is 2.35. The van der Waals surface area contributed by atoms with Crippen LogP contribution in [0.1, 0.15) is 39.2 Å². The predicted molar refractivity (Wildman–Crippen MR) is 80.9 cm³/mol. The van der Waals surface area contributed by atoms with E-state index in [9.17, 15) is 8.42 Å². The molecule has 0 aromatic heterocycles. The fourth-order valence-electron chi connectivity index (χ4n) is 2.43. The third-order valence-electron chi connectivity index (χ3n) is 3.62. The van der Waals surface area contributed by atoms with Crippen LogP contribution in [0.2, 0.25) is 0 Å². The summed E-state index contributed by atoms with van der Waals surface area (Å²) in [4.78, 5) is 0.361. The molecule has 112 valence electrons. The van der Waals surface area contributed by atoms with Gasteiger partial charge in [0, 0.05) is 18.6 Å². The van der Waals surface area contributed by atoms with Crippen molar-refractivity contribution in [2.75, 3.05) is 0 Å². The van der Waals surface area contributed by atoms with Gasteiger partial charge in [0.25, 0.3) is 0 Å². The van der Waals surface area contributed by atoms with Crippen molar-refractivity contribution in [2.24, 2.45) is 5.92 Å². The van der Waals surface area contributed by atoms with Gasteiger partial charge in [0.1, 0.15) is 0 Å². The van der Waals surface area contributed by atoms with Gasteiger partial charge in [-0.2, -0.15) is 0 Å². The molecule has 1 aromatic rings.